The average Bonchev–Trinajstić information content (AvgIpc) is 2.22. The van der Waals surface area contributed by atoms with E-state index >= 15 is 0 Å². The second-order valence-electron chi connectivity index (χ2n) is 3.26. The van der Waals surface area contributed by atoms with Crippen molar-refractivity contribution in [3.8, 4) is 0 Å². The van der Waals surface area contributed by atoms with Gasteiger partial charge in [0.15, 0.2) is 0 Å². The molecule has 0 aromatic heterocycles. The van der Waals surface area contributed by atoms with Crippen molar-refractivity contribution in [2.24, 2.45) is 0 Å². The monoisotopic (exact) mass is 222 g/mol. The van der Waals surface area contributed by atoms with E-state index < -0.39 is 0 Å². The maximum atomic E-state index is 8.73. The Morgan fingerprint density at radius 3 is 1.93 bits per heavy atom. The van der Waals surface area contributed by atoms with Gasteiger partial charge >= 0.3 is 0 Å². The van der Waals surface area contributed by atoms with Gasteiger partial charge in [-0.15, -0.1) is 0 Å². The number of hydrogen-bond acceptors (Lipinski definition) is 4. The second-order valence-corrected chi connectivity index (χ2v) is 3.26. The molecule has 0 amide bonds. The first-order chi connectivity index (χ1) is 7.18. The quantitative estimate of drug-likeness (QED) is 0.632. The smallest absolute Gasteiger partial charge is 0.0745 e. The Morgan fingerprint density at radius 1 is 1.07 bits per heavy atom. The molecule has 0 aromatic carbocycles. The lowest BCUT2D eigenvalue weighted by Crippen LogP contribution is -2.10. The van der Waals surface area contributed by atoms with Crippen molar-refractivity contribution in [2.75, 3.05) is 40.6 Å². The molecule has 0 aliphatic heterocycles. The summed E-state index contributed by atoms with van der Waals surface area (Å²) >= 11 is 0. The zero-order valence-corrected chi connectivity index (χ0v) is 10.5. The summed E-state index contributed by atoms with van der Waals surface area (Å²) in [5.74, 6) is 0. The molecule has 0 aliphatic carbocycles. The van der Waals surface area contributed by atoms with Crippen LogP contribution in [0.3, 0.4) is 0 Å². The summed E-state index contributed by atoms with van der Waals surface area (Å²) in [7, 11) is 3.30. The van der Waals surface area contributed by atoms with Crippen molar-refractivity contribution >= 4 is 0 Å². The molecule has 1 unspecified atom stereocenters. The van der Waals surface area contributed by atoms with Gasteiger partial charge in [-0.05, 0) is 13.3 Å². The molecule has 94 valence electrons. The molecule has 4 heteroatoms. The van der Waals surface area contributed by atoms with Gasteiger partial charge in [-0.3, -0.25) is 0 Å². The Hall–Kier alpha value is -0.160. The third-order valence-electron chi connectivity index (χ3n) is 1.49. The van der Waals surface area contributed by atoms with Gasteiger partial charge < -0.3 is 19.3 Å². The predicted octanol–water partition coefficient (Wildman–Crippen LogP) is 1.46. The van der Waals surface area contributed by atoms with Gasteiger partial charge in [0.2, 0.25) is 0 Å². The van der Waals surface area contributed by atoms with Gasteiger partial charge in [-0.25, -0.2) is 0 Å². The highest BCUT2D eigenvalue weighted by atomic mass is 16.5. The van der Waals surface area contributed by atoms with Crippen LogP contribution in [0.4, 0.5) is 0 Å². The summed E-state index contributed by atoms with van der Waals surface area (Å²) in [6.07, 6.45) is 1.92. The molecule has 0 aliphatic rings. The minimum atomic E-state index is -0.318. The summed E-state index contributed by atoms with van der Waals surface area (Å²) in [5, 5.41) is 8.73. The third kappa shape index (κ3) is 24.8. The Bertz CT molecular complexity index is 92.6. The molecule has 0 bridgehead atoms. The zero-order valence-electron chi connectivity index (χ0n) is 10.5. The molecule has 0 fully saturated rings. The highest BCUT2D eigenvalue weighted by Crippen LogP contribution is 1.89. The fraction of sp³-hybridized carbons (Fsp3) is 1.00. The zero-order chi connectivity index (χ0) is 11.9. The molecule has 0 saturated heterocycles. The van der Waals surface area contributed by atoms with E-state index in [1.807, 2.05) is 0 Å². The van der Waals surface area contributed by atoms with Crippen LogP contribution >= 0.6 is 0 Å². The van der Waals surface area contributed by atoms with Crippen LogP contribution in [0, 0.1) is 0 Å². The molecule has 15 heavy (non-hydrogen) atoms. The van der Waals surface area contributed by atoms with Crippen molar-refractivity contribution in [2.45, 2.75) is 32.8 Å². The molecule has 0 rings (SSSR count). The van der Waals surface area contributed by atoms with Crippen molar-refractivity contribution in [3.63, 3.8) is 0 Å². The molecule has 0 heterocycles. The number of methoxy groups -OCH3 is 2. The van der Waals surface area contributed by atoms with Crippen LogP contribution in [0.15, 0.2) is 0 Å². The molecule has 1 atom stereocenters. The van der Waals surface area contributed by atoms with Crippen LogP contribution in [0.1, 0.15) is 26.7 Å². The van der Waals surface area contributed by atoms with Gasteiger partial charge in [0, 0.05) is 20.8 Å². The van der Waals surface area contributed by atoms with Gasteiger partial charge in [-0.2, -0.15) is 0 Å². The van der Waals surface area contributed by atoms with Crippen LogP contribution in [0.5, 0.6) is 0 Å². The van der Waals surface area contributed by atoms with Crippen LogP contribution < -0.4 is 0 Å². The summed E-state index contributed by atoms with van der Waals surface area (Å²) < 4.78 is 14.4. The van der Waals surface area contributed by atoms with Crippen LogP contribution in [0.2, 0.25) is 0 Å². The van der Waals surface area contributed by atoms with E-state index in [4.69, 9.17) is 9.84 Å². The topological polar surface area (TPSA) is 47.9 Å². The molecule has 0 aromatic rings. The summed E-state index contributed by atoms with van der Waals surface area (Å²) in [4.78, 5) is 0. The van der Waals surface area contributed by atoms with E-state index in [1.165, 1.54) is 0 Å². The minimum Gasteiger partial charge on any atom is -0.391 e. The van der Waals surface area contributed by atoms with Crippen molar-refractivity contribution < 1.29 is 19.3 Å². The normalized spacial score (nSPS) is 11.8. The first kappa shape index (κ1) is 17.2. The number of unbranched alkanes of at least 4 members (excludes halogenated alkanes) is 1. The number of hydrogen-bond donors (Lipinski definition) is 1. The van der Waals surface area contributed by atoms with E-state index in [9.17, 15) is 0 Å². The fourth-order valence-electron chi connectivity index (χ4n) is 0.667. The maximum absolute atomic E-state index is 8.73. The number of ether oxygens (including phenoxy) is 3. The van der Waals surface area contributed by atoms with Crippen LogP contribution in [-0.4, -0.2) is 51.9 Å². The summed E-state index contributed by atoms with van der Waals surface area (Å²) in [6.45, 7) is 6.48. The summed E-state index contributed by atoms with van der Waals surface area (Å²) in [6, 6.07) is 0. The Morgan fingerprint density at radius 2 is 1.60 bits per heavy atom. The molecular formula is C11H26O4. The maximum Gasteiger partial charge on any atom is 0.0745 e. The van der Waals surface area contributed by atoms with E-state index in [1.54, 1.807) is 21.1 Å². The Labute approximate surface area is 93.5 Å². The van der Waals surface area contributed by atoms with Crippen LogP contribution in [-0.2, 0) is 14.2 Å². The molecule has 1 N–H and O–H groups in total. The fourth-order valence-corrected chi connectivity index (χ4v) is 0.667. The largest absolute Gasteiger partial charge is 0.391 e. The highest BCUT2D eigenvalue weighted by molar-refractivity contribution is 4.40. The molecule has 0 saturated carbocycles. The number of aliphatic hydroxyl groups is 1. The van der Waals surface area contributed by atoms with E-state index in [-0.39, 0.29) is 6.10 Å². The first-order valence-corrected chi connectivity index (χ1v) is 5.42. The highest BCUT2D eigenvalue weighted by Gasteiger charge is 1.92. The molecular weight excluding hydrogens is 196 g/mol. The first-order valence-electron chi connectivity index (χ1n) is 5.42. The van der Waals surface area contributed by atoms with Gasteiger partial charge in [-0.1, -0.05) is 13.3 Å². The molecule has 4 nitrogen and oxygen atoms in total. The van der Waals surface area contributed by atoms with Gasteiger partial charge in [0.1, 0.15) is 0 Å². The molecule has 0 spiro atoms. The third-order valence-corrected chi connectivity index (χ3v) is 1.49. The second kappa shape index (κ2) is 16.3. The molecule has 0 radical (unpaired) electrons. The lowest BCUT2D eigenvalue weighted by atomic mass is 10.4. The SMILES string of the molecule is CCCCOCC(C)O.COCCOC. The number of aliphatic hydroxyl groups excluding tert-OH is 1. The number of rotatable bonds is 8. The summed E-state index contributed by atoms with van der Waals surface area (Å²) in [5.41, 5.74) is 0. The minimum absolute atomic E-state index is 0.318. The van der Waals surface area contributed by atoms with Crippen molar-refractivity contribution in [3.05, 3.63) is 0 Å². The standard InChI is InChI=1S/C7H16O2.C4H10O2/c1-3-4-5-9-6-7(2)8;1-5-3-4-6-2/h7-8H,3-6H2,1-2H3;3-4H2,1-2H3. The lowest BCUT2D eigenvalue weighted by molar-refractivity contribution is 0.0450. The van der Waals surface area contributed by atoms with Gasteiger partial charge in [0.05, 0.1) is 25.9 Å². The van der Waals surface area contributed by atoms with Crippen molar-refractivity contribution in [1.82, 2.24) is 0 Å². The van der Waals surface area contributed by atoms with E-state index in [0.29, 0.717) is 19.8 Å². The Kier molecular flexibility index (Phi) is 18.7. The predicted molar refractivity (Wildman–Crippen MR) is 61.2 cm³/mol. The Balaban J connectivity index is 0. The van der Waals surface area contributed by atoms with Crippen LogP contribution in [0.25, 0.3) is 0 Å². The lowest BCUT2D eigenvalue weighted by Gasteiger charge is -2.03. The van der Waals surface area contributed by atoms with E-state index in [0.717, 1.165) is 19.4 Å². The average molecular weight is 222 g/mol. The van der Waals surface area contributed by atoms with E-state index in [2.05, 4.69) is 16.4 Å². The van der Waals surface area contributed by atoms with Crippen molar-refractivity contribution in [1.29, 1.82) is 0 Å². The van der Waals surface area contributed by atoms with Gasteiger partial charge in [0.25, 0.3) is 0 Å².